The van der Waals surface area contributed by atoms with E-state index < -0.39 is 64.9 Å². The Balaban J connectivity index is 1.92. The summed E-state index contributed by atoms with van der Waals surface area (Å²) < 4.78 is 145. The Morgan fingerprint density at radius 3 is 1.41 bits per heavy atom. The van der Waals surface area contributed by atoms with Gasteiger partial charge in [-0.25, -0.2) is 0 Å². The molecule has 0 heterocycles. The van der Waals surface area contributed by atoms with Crippen molar-refractivity contribution in [3.63, 3.8) is 0 Å². The largest absolute Gasteiger partial charge is 0.497 e. The van der Waals surface area contributed by atoms with Crippen LogP contribution in [0.5, 0.6) is 5.75 Å². The van der Waals surface area contributed by atoms with Crippen molar-refractivity contribution in [2.75, 3.05) is 7.11 Å². The van der Waals surface area contributed by atoms with Crippen LogP contribution in [0.2, 0.25) is 0 Å². The number of oxime groups is 2. The third kappa shape index (κ3) is 7.97. The second kappa shape index (κ2) is 11.8. The molecule has 0 bridgehead atoms. The summed E-state index contributed by atoms with van der Waals surface area (Å²) in [6.45, 7) is 1.61. The van der Waals surface area contributed by atoms with Gasteiger partial charge >= 0.3 is 32.6 Å². The zero-order valence-corrected chi connectivity index (χ0v) is 22.4. The lowest BCUT2D eigenvalue weighted by atomic mass is 10.1. The first-order valence-corrected chi connectivity index (χ1v) is 13.7. The standard InChI is InChI=1S/C24H18F6N2O7S2/c1-15-6-8-16(9-7-15)21(23(25,26)27)31-38-40(33,34)19-4-3-5-20(14-19)41(35,36)39-32-22(24(28,29)30)17-10-12-18(37-2)13-11-17/h3-14H,1-2H3. The van der Waals surface area contributed by atoms with Gasteiger partial charge in [0.05, 0.1) is 7.11 Å². The molecule has 0 saturated carbocycles. The number of methoxy groups -OCH3 is 1. The molecule has 17 heteroatoms. The molecule has 220 valence electrons. The molecule has 0 saturated heterocycles. The van der Waals surface area contributed by atoms with Crippen LogP contribution in [0, 0.1) is 6.92 Å². The zero-order valence-electron chi connectivity index (χ0n) is 20.8. The molecule has 0 aliphatic rings. The summed E-state index contributed by atoms with van der Waals surface area (Å²) in [6, 6.07) is 11.6. The van der Waals surface area contributed by atoms with Crippen molar-refractivity contribution in [2.45, 2.75) is 29.1 Å². The van der Waals surface area contributed by atoms with E-state index in [0.717, 1.165) is 54.6 Å². The van der Waals surface area contributed by atoms with Crippen LogP contribution in [0.25, 0.3) is 0 Å². The Labute approximate surface area is 229 Å². The maximum atomic E-state index is 13.5. The summed E-state index contributed by atoms with van der Waals surface area (Å²) in [5.74, 6) is 0.203. The van der Waals surface area contributed by atoms with Crippen molar-refractivity contribution in [1.29, 1.82) is 0 Å². The molecule has 0 radical (unpaired) electrons. The molecule has 0 atom stereocenters. The number of ether oxygens (including phenoxy) is 1. The molecule has 3 aromatic carbocycles. The molecular weight excluding hydrogens is 606 g/mol. The Hall–Kier alpha value is -4.12. The van der Waals surface area contributed by atoms with E-state index >= 15 is 0 Å². The number of halogens is 6. The van der Waals surface area contributed by atoms with Gasteiger partial charge in [0.2, 0.25) is 0 Å². The number of nitrogens with zero attached hydrogens (tertiary/aromatic N) is 2. The highest BCUT2D eigenvalue weighted by Crippen LogP contribution is 2.27. The smallest absolute Gasteiger partial charge is 0.437 e. The van der Waals surface area contributed by atoms with E-state index in [2.05, 4.69) is 18.9 Å². The minimum absolute atomic E-state index is 0.203. The van der Waals surface area contributed by atoms with Crippen LogP contribution in [0.4, 0.5) is 26.3 Å². The van der Waals surface area contributed by atoms with Gasteiger partial charge in [-0.05, 0) is 49.4 Å². The summed E-state index contributed by atoms with van der Waals surface area (Å²) in [7, 11) is -9.05. The SMILES string of the molecule is COc1ccc(C(=NOS(=O)(=O)c2cccc(S(=O)(=O)ON=C(c3ccc(C)cc3)C(F)(F)F)c2)C(F)(F)F)cc1. The molecule has 0 unspecified atom stereocenters. The predicted molar refractivity (Wildman–Crippen MR) is 132 cm³/mol. The summed E-state index contributed by atoms with van der Waals surface area (Å²) in [5.41, 5.74) is -3.91. The molecule has 0 aliphatic carbocycles. The fourth-order valence-corrected chi connectivity index (χ4v) is 4.67. The second-order valence-corrected chi connectivity index (χ2v) is 11.1. The van der Waals surface area contributed by atoms with E-state index in [1.807, 2.05) is 0 Å². The number of hydrogen-bond acceptors (Lipinski definition) is 9. The molecule has 0 spiro atoms. The molecule has 0 aromatic heterocycles. The van der Waals surface area contributed by atoms with Gasteiger partial charge in [0.1, 0.15) is 15.5 Å². The van der Waals surface area contributed by atoms with E-state index in [1.54, 1.807) is 6.92 Å². The highest BCUT2D eigenvalue weighted by molar-refractivity contribution is 7.87. The van der Waals surface area contributed by atoms with Gasteiger partial charge in [-0.3, -0.25) is 8.57 Å². The normalized spacial score (nSPS) is 13.6. The summed E-state index contributed by atoms with van der Waals surface area (Å²) >= 11 is 0. The van der Waals surface area contributed by atoms with Gasteiger partial charge in [-0.2, -0.15) is 43.2 Å². The van der Waals surface area contributed by atoms with Crippen LogP contribution in [-0.2, 0) is 28.8 Å². The molecular formula is C24H18F6N2O7S2. The Morgan fingerprint density at radius 1 is 0.659 bits per heavy atom. The minimum Gasteiger partial charge on any atom is -0.497 e. The van der Waals surface area contributed by atoms with Crippen LogP contribution in [0.15, 0.2) is 92.9 Å². The van der Waals surface area contributed by atoms with Crippen molar-refractivity contribution >= 4 is 31.7 Å². The van der Waals surface area contributed by atoms with Crippen LogP contribution in [0.3, 0.4) is 0 Å². The van der Waals surface area contributed by atoms with Crippen LogP contribution < -0.4 is 4.74 Å². The van der Waals surface area contributed by atoms with E-state index in [4.69, 9.17) is 4.74 Å². The quantitative estimate of drug-likeness (QED) is 0.179. The van der Waals surface area contributed by atoms with E-state index in [1.165, 1.54) is 19.2 Å². The first kappa shape index (κ1) is 31.4. The molecule has 41 heavy (non-hydrogen) atoms. The predicted octanol–water partition coefficient (Wildman–Crippen LogP) is 5.35. The monoisotopic (exact) mass is 624 g/mol. The highest BCUT2D eigenvalue weighted by Gasteiger charge is 2.39. The molecule has 0 N–H and O–H groups in total. The summed E-state index contributed by atoms with van der Waals surface area (Å²) in [5, 5.41) is 5.46. The van der Waals surface area contributed by atoms with Gasteiger partial charge in [-0.15, -0.1) is 0 Å². The van der Waals surface area contributed by atoms with Crippen molar-refractivity contribution in [3.05, 3.63) is 89.5 Å². The van der Waals surface area contributed by atoms with Gasteiger partial charge in [0, 0.05) is 11.1 Å². The Bertz CT molecular complexity index is 1670. The maximum Gasteiger partial charge on any atom is 0.437 e. The third-order valence-corrected chi connectivity index (χ3v) is 7.27. The van der Waals surface area contributed by atoms with Crippen molar-refractivity contribution in [1.82, 2.24) is 0 Å². The molecule has 0 aliphatic heterocycles. The lowest BCUT2D eigenvalue weighted by molar-refractivity contribution is -0.0606. The number of benzene rings is 3. The van der Waals surface area contributed by atoms with Crippen LogP contribution in [-0.4, -0.2) is 47.7 Å². The number of rotatable bonds is 9. The number of alkyl halides is 6. The highest BCUT2D eigenvalue weighted by atomic mass is 32.2. The van der Waals surface area contributed by atoms with Crippen molar-refractivity contribution in [2.24, 2.45) is 10.3 Å². The molecule has 0 amide bonds. The van der Waals surface area contributed by atoms with E-state index in [9.17, 15) is 43.2 Å². The summed E-state index contributed by atoms with van der Waals surface area (Å²) in [4.78, 5) is -1.99. The first-order chi connectivity index (χ1) is 18.9. The first-order valence-electron chi connectivity index (χ1n) is 10.9. The lowest BCUT2D eigenvalue weighted by Gasteiger charge is -2.12. The molecule has 3 rings (SSSR count). The average Bonchev–Trinajstić information content (AvgIpc) is 2.89. The zero-order chi connectivity index (χ0) is 30.6. The van der Waals surface area contributed by atoms with Crippen molar-refractivity contribution < 1.29 is 56.5 Å². The van der Waals surface area contributed by atoms with Crippen LogP contribution in [0.1, 0.15) is 16.7 Å². The third-order valence-electron chi connectivity index (χ3n) is 5.06. The fraction of sp³-hybridized carbons (Fsp3) is 0.167. The Kier molecular flexibility index (Phi) is 9.02. The number of aryl methyl sites for hydroxylation is 1. The van der Waals surface area contributed by atoms with Gasteiger partial charge in [0.15, 0.2) is 11.4 Å². The molecule has 3 aromatic rings. The van der Waals surface area contributed by atoms with Gasteiger partial charge in [0.25, 0.3) is 0 Å². The average molecular weight is 625 g/mol. The van der Waals surface area contributed by atoms with Crippen molar-refractivity contribution in [3.8, 4) is 5.75 Å². The van der Waals surface area contributed by atoms with E-state index in [0.29, 0.717) is 11.6 Å². The fourth-order valence-electron chi connectivity index (χ4n) is 3.04. The van der Waals surface area contributed by atoms with Crippen LogP contribution >= 0.6 is 0 Å². The van der Waals surface area contributed by atoms with Gasteiger partial charge in [-0.1, -0.05) is 46.2 Å². The second-order valence-electron chi connectivity index (χ2n) is 8.00. The minimum atomic E-state index is -5.17. The Morgan fingerprint density at radius 2 is 1.05 bits per heavy atom. The van der Waals surface area contributed by atoms with Gasteiger partial charge < -0.3 is 4.74 Å². The number of hydrogen-bond donors (Lipinski definition) is 0. The maximum absolute atomic E-state index is 13.5. The molecule has 0 fully saturated rings. The topological polar surface area (TPSA) is 121 Å². The lowest BCUT2D eigenvalue weighted by Crippen LogP contribution is -2.25. The molecule has 9 nitrogen and oxygen atoms in total. The van der Waals surface area contributed by atoms with E-state index in [-0.39, 0.29) is 5.75 Å². The summed E-state index contributed by atoms with van der Waals surface area (Å²) in [6.07, 6.45) is -10.3.